The van der Waals surface area contributed by atoms with Crippen LogP contribution in [0, 0.1) is 11.7 Å². The van der Waals surface area contributed by atoms with Gasteiger partial charge in [-0.05, 0) is 49.6 Å². The Morgan fingerprint density at radius 2 is 2.24 bits per heavy atom. The largest absolute Gasteiger partial charge is 0.486 e. The quantitative estimate of drug-likeness (QED) is 0.380. The van der Waals surface area contributed by atoms with Gasteiger partial charge in [0, 0.05) is 31.5 Å². The van der Waals surface area contributed by atoms with E-state index in [1.807, 2.05) is 0 Å². The molecule has 1 amide bonds. The molecule has 2 aromatic rings. The minimum absolute atomic E-state index is 0.0795. The molecule has 29 heavy (non-hydrogen) atoms. The van der Waals surface area contributed by atoms with Crippen LogP contribution in [0.3, 0.4) is 0 Å². The SMILES string of the molecule is O=C(NCC1CCN(CC2COc3ccc(F)cc3O2)C(I)C1)c1cccnc1. The zero-order valence-electron chi connectivity index (χ0n) is 15.9. The molecule has 8 heteroatoms. The van der Waals surface area contributed by atoms with Crippen LogP contribution in [-0.2, 0) is 0 Å². The fourth-order valence-corrected chi connectivity index (χ4v) is 4.92. The predicted molar refractivity (Wildman–Crippen MR) is 115 cm³/mol. The number of carbonyl (C=O) groups is 1. The highest BCUT2D eigenvalue weighted by atomic mass is 127. The average molecular weight is 511 g/mol. The van der Waals surface area contributed by atoms with E-state index in [2.05, 4.69) is 37.8 Å². The Balaban J connectivity index is 1.25. The Morgan fingerprint density at radius 3 is 3.03 bits per heavy atom. The average Bonchev–Trinajstić information content (AvgIpc) is 2.74. The van der Waals surface area contributed by atoms with Crippen LogP contribution in [0.4, 0.5) is 4.39 Å². The number of halogens is 2. The lowest BCUT2D eigenvalue weighted by atomic mass is 9.96. The van der Waals surface area contributed by atoms with Crippen molar-refractivity contribution in [3.63, 3.8) is 0 Å². The Hall–Kier alpha value is -1.94. The molecular formula is C21H23FIN3O3. The highest BCUT2D eigenvalue weighted by Gasteiger charge is 2.31. The number of hydrogen-bond acceptors (Lipinski definition) is 5. The lowest BCUT2D eigenvalue weighted by Gasteiger charge is -2.39. The van der Waals surface area contributed by atoms with Crippen LogP contribution in [-0.4, -0.2) is 52.2 Å². The van der Waals surface area contributed by atoms with Gasteiger partial charge in [-0.3, -0.25) is 14.7 Å². The first-order valence-corrected chi connectivity index (χ1v) is 11.0. The van der Waals surface area contributed by atoms with Gasteiger partial charge in [-0.1, -0.05) is 22.6 Å². The number of amides is 1. The number of pyridine rings is 1. The van der Waals surface area contributed by atoms with Gasteiger partial charge in [-0.15, -0.1) is 0 Å². The minimum atomic E-state index is -0.325. The molecule has 2 aliphatic heterocycles. The molecule has 1 aromatic heterocycles. The topological polar surface area (TPSA) is 63.7 Å². The number of benzene rings is 1. The summed E-state index contributed by atoms with van der Waals surface area (Å²) in [5.74, 6) is 1.10. The Morgan fingerprint density at radius 1 is 1.34 bits per heavy atom. The maximum absolute atomic E-state index is 13.4. The monoisotopic (exact) mass is 511 g/mol. The van der Waals surface area contributed by atoms with Crippen molar-refractivity contribution < 1.29 is 18.7 Å². The van der Waals surface area contributed by atoms with E-state index < -0.39 is 0 Å². The van der Waals surface area contributed by atoms with Crippen molar-refractivity contribution in [1.29, 1.82) is 0 Å². The first-order valence-electron chi connectivity index (χ1n) is 9.74. The van der Waals surface area contributed by atoms with Crippen molar-refractivity contribution >= 4 is 28.5 Å². The van der Waals surface area contributed by atoms with Crippen LogP contribution in [0.1, 0.15) is 23.2 Å². The van der Waals surface area contributed by atoms with Gasteiger partial charge in [0.15, 0.2) is 11.5 Å². The van der Waals surface area contributed by atoms with Crippen molar-refractivity contribution in [1.82, 2.24) is 15.2 Å². The summed E-state index contributed by atoms with van der Waals surface area (Å²) in [7, 11) is 0. The Kier molecular flexibility index (Phi) is 6.49. The van der Waals surface area contributed by atoms with Crippen molar-refractivity contribution in [2.45, 2.75) is 23.0 Å². The predicted octanol–water partition coefficient (Wildman–Crippen LogP) is 3.26. The molecule has 3 unspecified atom stereocenters. The van der Waals surface area contributed by atoms with E-state index in [4.69, 9.17) is 9.47 Å². The van der Waals surface area contributed by atoms with Gasteiger partial charge in [0.25, 0.3) is 5.91 Å². The molecule has 0 aliphatic carbocycles. The standard InChI is InChI=1S/C21H23FIN3O3/c22-16-3-4-18-19(9-16)29-17(13-28-18)12-26-7-5-14(8-20(26)23)10-25-21(27)15-2-1-6-24-11-15/h1-4,6,9,11,14,17,20H,5,7-8,10,12-13H2,(H,25,27). The zero-order valence-corrected chi connectivity index (χ0v) is 18.0. The smallest absolute Gasteiger partial charge is 0.252 e. The molecule has 1 saturated heterocycles. The van der Waals surface area contributed by atoms with E-state index in [1.165, 1.54) is 12.1 Å². The molecule has 2 aliphatic rings. The normalized spacial score (nSPS) is 24.1. The molecule has 1 fully saturated rings. The molecule has 0 radical (unpaired) electrons. The number of aromatic nitrogens is 1. The van der Waals surface area contributed by atoms with Crippen molar-refractivity contribution in [2.75, 3.05) is 26.2 Å². The number of alkyl halides is 1. The summed E-state index contributed by atoms with van der Waals surface area (Å²) in [6.45, 7) is 2.79. The fourth-order valence-electron chi connectivity index (χ4n) is 3.70. The minimum Gasteiger partial charge on any atom is -0.486 e. The van der Waals surface area contributed by atoms with Crippen LogP contribution < -0.4 is 14.8 Å². The summed E-state index contributed by atoms with van der Waals surface area (Å²) in [5, 5.41) is 3.02. The number of nitrogens with zero attached hydrogens (tertiary/aromatic N) is 2. The third-order valence-electron chi connectivity index (χ3n) is 5.29. The van der Waals surface area contributed by atoms with Crippen LogP contribution in [0.2, 0.25) is 0 Å². The molecule has 0 saturated carbocycles. The van der Waals surface area contributed by atoms with Gasteiger partial charge < -0.3 is 14.8 Å². The van der Waals surface area contributed by atoms with Crippen LogP contribution >= 0.6 is 22.6 Å². The van der Waals surface area contributed by atoms with Gasteiger partial charge >= 0.3 is 0 Å². The van der Waals surface area contributed by atoms with E-state index in [0.29, 0.717) is 40.2 Å². The maximum atomic E-state index is 13.4. The lowest BCUT2D eigenvalue weighted by Crippen LogP contribution is -2.48. The maximum Gasteiger partial charge on any atom is 0.252 e. The zero-order chi connectivity index (χ0) is 20.2. The number of carbonyl (C=O) groups excluding carboxylic acids is 1. The number of hydrogen-bond donors (Lipinski definition) is 1. The van der Waals surface area contributed by atoms with Crippen molar-refractivity contribution in [2.24, 2.45) is 5.92 Å². The van der Waals surface area contributed by atoms with Crippen LogP contribution in [0.25, 0.3) is 0 Å². The first kappa shape index (κ1) is 20.3. The van der Waals surface area contributed by atoms with Gasteiger partial charge in [0.2, 0.25) is 0 Å². The first-order chi connectivity index (χ1) is 14.1. The van der Waals surface area contributed by atoms with Crippen molar-refractivity contribution in [3.05, 3.63) is 54.1 Å². The summed E-state index contributed by atoms with van der Waals surface area (Å²) < 4.78 is 25.5. The Bertz CT molecular complexity index is 854. The lowest BCUT2D eigenvalue weighted by molar-refractivity contribution is 0.0443. The molecule has 6 nitrogen and oxygen atoms in total. The van der Waals surface area contributed by atoms with E-state index >= 15 is 0 Å². The van der Waals surface area contributed by atoms with E-state index in [1.54, 1.807) is 30.6 Å². The molecule has 0 bridgehead atoms. The highest BCUT2D eigenvalue weighted by Crippen LogP contribution is 2.33. The van der Waals surface area contributed by atoms with Crippen molar-refractivity contribution in [3.8, 4) is 11.5 Å². The van der Waals surface area contributed by atoms with E-state index in [0.717, 1.165) is 25.9 Å². The van der Waals surface area contributed by atoms with Gasteiger partial charge in [-0.2, -0.15) is 0 Å². The van der Waals surface area contributed by atoms with E-state index in [9.17, 15) is 9.18 Å². The number of rotatable bonds is 5. The summed E-state index contributed by atoms with van der Waals surface area (Å²) >= 11 is 2.45. The van der Waals surface area contributed by atoms with Crippen LogP contribution in [0.15, 0.2) is 42.7 Å². The molecule has 1 N–H and O–H groups in total. The molecular weight excluding hydrogens is 488 g/mol. The molecule has 1 aromatic carbocycles. The molecule has 0 spiro atoms. The summed E-state index contributed by atoms with van der Waals surface area (Å²) in [6, 6.07) is 7.88. The van der Waals surface area contributed by atoms with Crippen LogP contribution in [0.5, 0.6) is 11.5 Å². The number of likely N-dealkylation sites (tertiary alicyclic amines) is 1. The number of nitrogens with one attached hydrogen (secondary N) is 1. The number of piperidine rings is 1. The summed E-state index contributed by atoms with van der Waals surface area (Å²) in [6.07, 6.45) is 5.11. The highest BCUT2D eigenvalue weighted by molar-refractivity contribution is 14.1. The summed E-state index contributed by atoms with van der Waals surface area (Å²) in [4.78, 5) is 18.6. The Labute approximate surface area is 182 Å². The molecule has 3 atom stereocenters. The fraction of sp³-hybridized carbons (Fsp3) is 0.429. The summed E-state index contributed by atoms with van der Waals surface area (Å²) in [5.41, 5.74) is 0.585. The molecule has 4 rings (SSSR count). The van der Waals surface area contributed by atoms with Gasteiger partial charge in [0.05, 0.1) is 9.61 Å². The third-order valence-corrected chi connectivity index (χ3v) is 6.58. The van der Waals surface area contributed by atoms with E-state index in [-0.39, 0.29) is 17.8 Å². The number of fused-ring (bicyclic) bond motifs is 1. The number of ether oxygens (including phenoxy) is 2. The molecule has 3 heterocycles. The van der Waals surface area contributed by atoms with Gasteiger partial charge in [0.1, 0.15) is 18.5 Å². The second-order valence-corrected chi connectivity index (χ2v) is 8.85. The second kappa shape index (κ2) is 9.25. The third kappa shape index (κ3) is 5.16. The second-order valence-electron chi connectivity index (χ2n) is 7.41. The van der Waals surface area contributed by atoms with Gasteiger partial charge in [-0.25, -0.2) is 4.39 Å². The molecule has 154 valence electrons.